The van der Waals surface area contributed by atoms with Crippen LogP contribution in [0.5, 0.6) is 0 Å². The van der Waals surface area contributed by atoms with Crippen molar-refractivity contribution in [1.82, 2.24) is 4.90 Å². The lowest BCUT2D eigenvalue weighted by atomic mass is 10.1. The number of nitrogens with one attached hydrogen (secondary N) is 1. The lowest BCUT2D eigenvalue weighted by Gasteiger charge is -2.36. The van der Waals surface area contributed by atoms with E-state index in [1.165, 1.54) is 25.3 Å². The number of carbonyl (C=O) groups excluding carboxylic acids is 2. The largest absolute Gasteiger partial charge is 0.460 e. The predicted molar refractivity (Wildman–Crippen MR) is 135 cm³/mol. The van der Waals surface area contributed by atoms with Crippen LogP contribution < -0.4 is 10.2 Å². The van der Waals surface area contributed by atoms with Crippen LogP contribution in [0.4, 0.5) is 27.5 Å². The summed E-state index contributed by atoms with van der Waals surface area (Å²) >= 11 is 0. The molecule has 3 rings (SSSR count). The Hall–Kier alpha value is -3.86. The second-order valence-electron chi connectivity index (χ2n) is 9.25. The van der Waals surface area contributed by atoms with E-state index in [4.69, 9.17) is 14.2 Å². The van der Waals surface area contributed by atoms with Crippen LogP contribution >= 0.6 is 0 Å². The van der Waals surface area contributed by atoms with Crippen LogP contribution in [0.3, 0.4) is 0 Å². The monoisotopic (exact) mass is 500 g/mol. The molecular formula is C25H32N4O7. The zero-order valence-corrected chi connectivity index (χ0v) is 21.0. The van der Waals surface area contributed by atoms with Crippen LogP contribution in [0.15, 0.2) is 42.5 Å². The number of anilines is 3. The molecule has 0 atom stereocenters. The molecule has 11 nitrogen and oxygen atoms in total. The lowest BCUT2D eigenvalue weighted by Crippen LogP contribution is -2.50. The fraction of sp³-hybridized carbons (Fsp3) is 0.440. The van der Waals surface area contributed by atoms with Gasteiger partial charge in [-0.3, -0.25) is 10.1 Å². The fourth-order valence-electron chi connectivity index (χ4n) is 3.63. The van der Waals surface area contributed by atoms with Crippen molar-refractivity contribution in [2.75, 3.05) is 56.7 Å². The third-order valence-electron chi connectivity index (χ3n) is 5.37. The van der Waals surface area contributed by atoms with E-state index in [2.05, 4.69) is 10.2 Å². The van der Waals surface area contributed by atoms with Gasteiger partial charge in [-0.05, 0) is 51.1 Å². The third kappa shape index (κ3) is 7.32. The summed E-state index contributed by atoms with van der Waals surface area (Å²) < 4.78 is 15.3. The van der Waals surface area contributed by atoms with Crippen LogP contribution in [0.25, 0.3) is 0 Å². The van der Waals surface area contributed by atoms with Crippen molar-refractivity contribution in [2.24, 2.45) is 0 Å². The second kappa shape index (κ2) is 11.7. The Labute approximate surface area is 210 Å². The maximum Gasteiger partial charge on any atom is 0.410 e. The molecule has 1 N–H and O–H groups in total. The molecule has 0 unspecified atom stereocenters. The number of benzene rings is 2. The molecule has 2 aromatic carbocycles. The molecule has 0 aromatic heterocycles. The SMILES string of the molecule is COCCOC(=O)c1ccc(Nc2cccc(N3CCN(C(=O)OC(C)(C)C)CC3)c2)c([N+](=O)[O-])c1. The summed E-state index contributed by atoms with van der Waals surface area (Å²) in [7, 11) is 1.48. The van der Waals surface area contributed by atoms with Crippen molar-refractivity contribution < 1.29 is 28.7 Å². The second-order valence-corrected chi connectivity index (χ2v) is 9.25. The molecule has 0 aliphatic carbocycles. The first-order valence-corrected chi connectivity index (χ1v) is 11.6. The number of methoxy groups -OCH3 is 1. The number of carbonyl (C=O) groups is 2. The third-order valence-corrected chi connectivity index (χ3v) is 5.37. The zero-order valence-electron chi connectivity index (χ0n) is 21.0. The molecule has 194 valence electrons. The van der Waals surface area contributed by atoms with Crippen molar-refractivity contribution in [3.8, 4) is 0 Å². The van der Waals surface area contributed by atoms with Crippen molar-refractivity contribution >= 4 is 34.8 Å². The molecule has 2 aromatic rings. The Kier molecular flexibility index (Phi) is 8.70. The van der Waals surface area contributed by atoms with E-state index in [0.717, 1.165) is 5.69 Å². The molecule has 11 heteroatoms. The number of rotatable bonds is 8. The van der Waals surface area contributed by atoms with E-state index in [-0.39, 0.29) is 36.2 Å². The molecule has 1 aliphatic rings. The van der Waals surface area contributed by atoms with Crippen molar-refractivity contribution in [2.45, 2.75) is 26.4 Å². The number of amides is 1. The molecule has 1 saturated heterocycles. The van der Waals surface area contributed by atoms with Gasteiger partial charge in [0, 0.05) is 50.7 Å². The topological polar surface area (TPSA) is 123 Å². The number of nitro groups is 1. The highest BCUT2D eigenvalue weighted by atomic mass is 16.6. The Morgan fingerprint density at radius 1 is 1.06 bits per heavy atom. The van der Waals surface area contributed by atoms with Gasteiger partial charge in [-0.2, -0.15) is 0 Å². The molecular weight excluding hydrogens is 468 g/mol. The average molecular weight is 501 g/mol. The van der Waals surface area contributed by atoms with Gasteiger partial charge in [0.2, 0.25) is 0 Å². The van der Waals surface area contributed by atoms with Crippen molar-refractivity contribution in [1.29, 1.82) is 0 Å². The molecule has 1 aliphatic heterocycles. The number of ether oxygens (including phenoxy) is 3. The number of nitro benzene ring substituents is 1. The Balaban J connectivity index is 1.68. The summed E-state index contributed by atoms with van der Waals surface area (Å²) in [5, 5.41) is 14.8. The van der Waals surface area contributed by atoms with Crippen LogP contribution in [0.2, 0.25) is 0 Å². The summed E-state index contributed by atoms with van der Waals surface area (Å²) in [6.07, 6.45) is -0.323. The molecule has 0 bridgehead atoms. The van der Waals surface area contributed by atoms with Crippen LogP contribution in [0.1, 0.15) is 31.1 Å². The Morgan fingerprint density at radius 2 is 1.78 bits per heavy atom. The highest BCUT2D eigenvalue weighted by Crippen LogP contribution is 2.31. The van der Waals surface area contributed by atoms with E-state index in [1.807, 2.05) is 39.0 Å². The highest BCUT2D eigenvalue weighted by molar-refractivity contribution is 5.91. The number of esters is 1. The first-order valence-electron chi connectivity index (χ1n) is 11.6. The number of hydrogen-bond acceptors (Lipinski definition) is 9. The van der Waals surface area contributed by atoms with Gasteiger partial charge in [0.15, 0.2) is 0 Å². The lowest BCUT2D eigenvalue weighted by molar-refractivity contribution is -0.383. The number of hydrogen-bond donors (Lipinski definition) is 1. The van der Waals surface area contributed by atoms with Gasteiger partial charge >= 0.3 is 12.1 Å². The average Bonchev–Trinajstić information content (AvgIpc) is 2.83. The zero-order chi connectivity index (χ0) is 26.3. The molecule has 36 heavy (non-hydrogen) atoms. The maximum absolute atomic E-state index is 12.3. The van der Waals surface area contributed by atoms with E-state index in [9.17, 15) is 19.7 Å². The first-order chi connectivity index (χ1) is 17.1. The molecule has 0 radical (unpaired) electrons. The summed E-state index contributed by atoms with van der Waals surface area (Å²) in [5.41, 5.74) is 1.12. The summed E-state index contributed by atoms with van der Waals surface area (Å²) in [6.45, 7) is 8.12. The minimum Gasteiger partial charge on any atom is -0.460 e. The smallest absolute Gasteiger partial charge is 0.410 e. The van der Waals surface area contributed by atoms with Crippen LogP contribution in [0, 0.1) is 10.1 Å². The molecule has 1 fully saturated rings. The Morgan fingerprint density at radius 3 is 2.42 bits per heavy atom. The minimum atomic E-state index is -0.658. The van der Waals surface area contributed by atoms with Gasteiger partial charge < -0.3 is 29.3 Å². The van der Waals surface area contributed by atoms with E-state index in [1.54, 1.807) is 11.0 Å². The minimum absolute atomic E-state index is 0.0575. The first kappa shape index (κ1) is 26.7. The van der Waals surface area contributed by atoms with Crippen molar-refractivity contribution in [3.63, 3.8) is 0 Å². The quantitative estimate of drug-likeness (QED) is 0.246. The van der Waals surface area contributed by atoms with Crippen molar-refractivity contribution in [3.05, 3.63) is 58.1 Å². The standard InChI is InChI=1S/C25H32N4O7/c1-25(2,3)36-24(31)28-12-10-27(11-13-28)20-7-5-6-19(17-20)26-21-9-8-18(16-22(21)29(32)33)23(30)35-15-14-34-4/h5-9,16-17,26H,10-15H2,1-4H3. The van der Waals surface area contributed by atoms with Crippen LogP contribution in [-0.4, -0.2) is 74.0 Å². The van der Waals surface area contributed by atoms with Gasteiger partial charge in [-0.25, -0.2) is 9.59 Å². The molecule has 1 amide bonds. The molecule has 0 saturated carbocycles. The number of nitrogens with zero attached hydrogens (tertiary/aromatic N) is 3. The Bertz CT molecular complexity index is 1090. The summed E-state index contributed by atoms with van der Waals surface area (Å²) in [4.78, 5) is 39.4. The van der Waals surface area contributed by atoms with E-state index >= 15 is 0 Å². The normalized spacial score (nSPS) is 13.8. The van der Waals surface area contributed by atoms with Gasteiger partial charge in [-0.1, -0.05) is 6.07 Å². The van der Waals surface area contributed by atoms with Gasteiger partial charge in [0.05, 0.1) is 17.1 Å². The maximum atomic E-state index is 12.3. The van der Waals surface area contributed by atoms with Gasteiger partial charge in [0.25, 0.3) is 5.69 Å². The van der Waals surface area contributed by atoms with E-state index in [0.29, 0.717) is 31.9 Å². The van der Waals surface area contributed by atoms with Crippen LogP contribution in [-0.2, 0) is 14.2 Å². The predicted octanol–water partition coefficient (Wildman–Crippen LogP) is 4.20. The molecule has 1 heterocycles. The summed E-state index contributed by atoms with van der Waals surface area (Å²) in [5.74, 6) is -0.658. The van der Waals surface area contributed by atoms with Gasteiger partial charge in [-0.15, -0.1) is 0 Å². The summed E-state index contributed by atoms with van der Waals surface area (Å²) in [6, 6.07) is 11.6. The van der Waals surface area contributed by atoms with E-state index < -0.39 is 16.5 Å². The fourth-order valence-corrected chi connectivity index (χ4v) is 3.63. The molecule has 0 spiro atoms. The highest BCUT2D eigenvalue weighted by Gasteiger charge is 2.26. The van der Waals surface area contributed by atoms with Gasteiger partial charge in [0.1, 0.15) is 17.9 Å². The number of piperazine rings is 1.